The van der Waals surface area contributed by atoms with E-state index in [-0.39, 0.29) is 1.43 Å². The van der Waals surface area contributed by atoms with Gasteiger partial charge in [0.15, 0.2) is 0 Å². The molecular weight excluding hydrogens is 134 g/mol. The highest BCUT2D eigenvalue weighted by Gasteiger charge is 2.00. The van der Waals surface area contributed by atoms with Gasteiger partial charge in [0.1, 0.15) is 0 Å². The molecule has 0 aromatic heterocycles. The molecule has 11 heavy (non-hydrogen) atoms. The van der Waals surface area contributed by atoms with Crippen LogP contribution in [-0.2, 0) is 0 Å². The Kier molecular flexibility index (Phi) is 5.49. The monoisotopic (exact) mass is 153 g/mol. The molecule has 0 spiro atoms. The standard InChI is InChI=1S/C10H17N.H2/c1-5-8-10(6-2)9(4)11-7-3;/h5-6,8-9,11H,1-2,7H2,3-4H3;1H/b10-8+;/t9-;/m1./s1. The van der Waals surface area contributed by atoms with Crippen molar-refractivity contribution in [2.75, 3.05) is 6.54 Å². The second-order valence-corrected chi connectivity index (χ2v) is 2.39. The predicted octanol–water partition coefficient (Wildman–Crippen LogP) is 2.53. The van der Waals surface area contributed by atoms with E-state index in [0.717, 1.165) is 6.54 Å². The Morgan fingerprint density at radius 2 is 2.27 bits per heavy atom. The molecule has 1 heteroatoms. The average molecular weight is 153 g/mol. The minimum Gasteiger partial charge on any atom is -0.310 e. The van der Waals surface area contributed by atoms with Gasteiger partial charge < -0.3 is 5.32 Å². The van der Waals surface area contributed by atoms with E-state index in [4.69, 9.17) is 0 Å². The summed E-state index contributed by atoms with van der Waals surface area (Å²) in [4.78, 5) is 0. The van der Waals surface area contributed by atoms with E-state index < -0.39 is 0 Å². The summed E-state index contributed by atoms with van der Waals surface area (Å²) in [5, 5.41) is 3.29. The van der Waals surface area contributed by atoms with Crippen molar-refractivity contribution in [1.82, 2.24) is 5.32 Å². The van der Waals surface area contributed by atoms with Crippen molar-refractivity contribution in [3.8, 4) is 0 Å². The summed E-state index contributed by atoms with van der Waals surface area (Å²) < 4.78 is 0. The normalized spacial score (nSPS) is 14.2. The van der Waals surface area contributed by atoms with Gasteiger partial charge in [-0.25, -0.2) is 0 Å². The van der Waals surface area contributed by atoms with Gasteiger partial charge in [-0.3, -0.25) is 0 Å². The first-order valence-corrected chi connectivity index (χ1v) is 3.94. The number of hydrogen-bond donors (Lipinski definition) is 1. The van der Waals surface area contributed by atoms with Crippen LogP contribution in [-0.4, -0.2) is 12.6 Å². The summed E-state index contributed by atoms with van der Waals surface area (Å²) in [5.41, 5.74) is 1.18. The van der Waals surface area contributed by atoms with Crippen molar-refractivity contribution in [3.05, 3.63) is 37.0 Å². The lowest BCUT2D eigenvalue weighted by Crippen LogP contribution is -2.26. The largest absolute Gasteiger partial charge is 0.310 e. The third kappa shape index (κ3) is 3.79. The fourth-order valence-electron chi connectivity index (χ4n) is 0.949. The molecule has 0 rings (SSSR count). The number of allylic oxidation sites excluding steroid dienone is 2. The fourth-order valence-corrected chi connectivity index (χ4v) is 0.949. The molecule has 0 fully saturated rings. The first kappa shape index (κ1) is 10.2. The van der Waals surface area contributed by atoms with Crippen molar-refractivity contribution in [2.24, 2.45) is 0 Å². The van der Waals surface area contributed by atoms with Crippen LogP contribution < -0.4 is 5.32 Å². The minimum absolute atomic E-state index is 0. The van der Waals surface area contributed by atoms with Gasteiger partial charge >= 0.3 is 0 Å². The third-order valence-electron chi connectivity index (χ3n) is 1.56. The summed E-state index contributed by atoms with van der Waals surface area (Å²) in [7, 11) is 0. The molecular formula is C10H19N. The zero-order chi connectivity index (χ0) is 8.69. The van der Waals surface area contributed by atoms with Gasteiger partial charge in [-0.15, -0.1) is 0 Å². The maximum Gasteiger partial charge on any atom is 0.0291 e. The Labute approximate surface area is 71.0 Å². The second-order valence-electron chi connectivity index (χ2n) is 2.39. The molecule has 1 N–H and O–H groups in total. The molecule has 1 nitrogen and oxygen atoms in total. The zero-order valence-corrected chi connectivity index (χ0v) is 7.43. The smallest absolute Gasteiger partial charge is 0.0291 e. The van der Waals surface area contributed by atoms with Gasteiger partial charge in [0.25, 0.3) is 0 Å². The number of rotatable bonds is 5. The quantitative estimate of drug-likeness (QED) is 0.598. The van der Waals surface area contributed by atoms with E-state index in [0.29, 0.717) is 6.04 Å². The van der Waals surface area contributed by atoms with Gasteiger partial charge in [-0.1, -0.05) is 38.3 Å². The summed E-state index contributed by atoms with van der Waals surface area (Å²) in [6, 6.07) is 0.371. The molecule has 0 heterocycles. The van der Waals surface area contributed by atoms with Crippen molar-refractivity contribution in [1.29, 1.82) is 0 Å². The summed E-state index contributed by atoms with van der Waals surface area (Å²) in [5.74, 6) is 0. The van der Waals surface area contributed by atoms with E-state index in [1.807, 2.05) is 12.2 Å². The molecule has 0 unspecified atom stereocenters. The Morgan fingerprint density at radius 3 is 2.64 bits per heavy atom. The molecule has 0 saturated carbocycles. The number of hydrogen-bond acceptors (Lipinski definition) is 1. The lowest BCUT2D eigenvalue weighted by Gasteiger charge is -2.12. The Bertz CT molecular complexity index is 161. The van der Waals surface area contributed by atoms with Crippen LogP contribution in [0.1, 0.15) is 15.3 Å². The van der Waals surface area contributed by atoms with Gasteiger partial charge in [0.05, 0.1) is 0 Å². The second kappa shape index (κ2) is 5.93. The Hall–Kier alpha value is -0.820. The highest BCUT2D eigenvalue weighted by Crippen LogP contribution is 2.02. The van der Waals surface area contributed by atoms with Crippen molar-refractivity contribution in [3.63, 3.8) is 0 Å². The van der Waals surface area contributed by atoms with E-state index in [9.17, 15) is 0 Å². The molecule has 64 valence electrons. The number of likely N-dealkylation sites (N-methyl/N-ethyl adjacent to an activating group) is 1. The van der Waals surface area contributed by atoms with Crippen LogP contribution in [0.25, 0.3) is 0 Å². The summed E-state index contributed by atoms with van der Waals surface area (Å²) in [6.45, 7) is 12.5. The first-order chi connectivity index (χ1) is 5.26. The maximum absolute atomic E-state index is 3.73. The zero-order valence-electron chi connectivity index (χ0n) is 7.43. The molecule has 0 aliphatic heterocycles. The topological polar surface area (TPSA) is 12.0 Å². The molecule has 0 amide bonds. The average Bonchev–Trinajstić information content (AvgIpc) is 2.00. The molecule has 0 bridgehead atoms. The molecule has 0 radical (unpaired) electrons. The summed E-state index contributed by atoms with van der Waals surface area (Å²) in [6.07, 6.45) is 5.61. The first-order valence-electron chi connectivity index (χ1n) is 3.94. The molecule has 0 aromatic rings. The van der Waals surface area contributed by atoms with Gasteiger partial charge in [0.2, 0.25) is 0 Å². The fraction of sp³-hybridized carbons (Fsp3) is 0.400. The summed E-state index contributed by atoms with van der Waals surface area (Å²) >= 11 is 0. The van der Waals surface area contributed by atoms with Crippen LogP contribution in [0.2, 0.25) is 0 Å². The lowest BCUT2D eigenvalue weighted by atomic mass is 10.1. The van der Waals surface area contributed by atoms with Crippen molar-refractivity contribution < 1.29 is 1.43 Å². The predicted molar refractivity (Wildman–Crippen MR) is 53.7 cm³/mol. The van der Waals surface area contributed by atoms with Crippen LogP contribution in [0.5, 0.6) is 0 Å². The minimum atomic E-state index is 0. The van der Waals surface area contributed by atoms with Crippen molar-refractivity contribution >= 4 is 0 Å². The number of nitrogens with one attached hydrogen (secondary N) is 1. The van der Waals surface area contributed by atoms with E-state index in [1.54, 1.807) is 6.08 Å². The van der Waals surface area contributed by atoms with E-state index in [2.05, 4.69) is 32.3 Å². The van der Waals surface area contributed by atoms with Crippen molar-refractivity contribution in [2.45, 2.75) is 19.9 Å². The van der Waals surface area contributed by atoms with Gasteiger partial charge in [-0.2, -0.15) is 0 Å². The molecule has 0 aliphatic carbocycles. The molecule has 0 saturated heterocycles. The van der Waals surface area contributed by atoms with Gasteiger partial charge in [0, 0.05) is 7.47 Å². The van der Waals surface area contributed by atoms with Crippen LogP contribution in [0.3, 0.4) is 0 Å². The van der Waals surface area contributed by atoms with Crippen LogP contribution in [0.15, 0.2) is 37.0 Å². The van der Waals surface area contributed by atoms with Crippen LogP contribution >= 0.6 is 0 Å². The van der Waals surface area contributed by atoms with Gasteiger partial charge in [-0.05, 0) is 19.0 Å². The Balaban J connectivity index is 0. The highest BCUT2D eigenvalue weighted by atomic mass is 14.9. The molecule has 0 aliphatic rings. The Morgan fingerprint density at radius 1 is 1.64 bits per heavy atom. The highest BCUT2D eigenvalue weighted by molar-refractivity contribution is 5.25. The van der Waals surface area contributed by atoms with E-state index in [1.165, 1.54) is 5.57 Å². The SMILES string of the molecule is C=C/C=C(\C=C)[C@@H](C)NCC.[HH]. The third-order valence-corrected chi connectivity index (χ3v) is 1.56. The van der Waals surface area contributed by atoms with Crippen LogP contribution in [0, 0.1) is 0 Å². The van der Waals surface area contributed by atoms with E-state index >= 15 is 0 Å². The molecule has 0 aromatic carbocycles. The molecule has 1 atom stereocenters. The maximum atomic E-state index is 3.73. The lowest BCUT2D eigenvalue weighted by molar-refractivity contribution is 0.643. The van der Waals surface area contributed by atoms with Crippen LogP contribution in [0.4, 0.5) is 0 Å².